The second kappa shape index (κ2) is 10.2. The van der Waals surface area contributed by atoms with Crippen molar-refractivity contribution < 1.29 is 27.5 Å². The van der Waals surface area contributed by atoms with Gasteiger partial charge in [-0.15, -0.1) is 0 Å². The number of hydrogen-bond acceptors (Lipinski definition) is 6. The number of sulfonamides is 1. The molecule has 4 N–H and O–H groups in total. The molecule has 2 heterocycles. The smallest absolute Gasteiger partial charge is 0.325 e. The van der Waals surface area contributed by atoms with Gasteiger partial charge in [-0.05, 0) is 62.2 Å². The van der Waals surface area contributed by atoms with Gasteiger partial charge in [0, 0.05) is 24.1 Å². The third-order valence-corrected chi connectivity index (χ3v) is 7.81. The first kappa shape index (κ1) is 26.5. The van der Waals surface area contributed by atoms with Crippen LogP contribution in [0.25, 0.3) is 0 Å². The summed E-state index contributed by atoms with van der Waals surface area (Å²) in [6.07, 6.45) is 1.02. The fourth-order valence-electron chi connectivity index (χ4n) is 5.07. The van der Waals surface area contributed by atoms with Crippen LogP contribution in [-0.2, 0) is 16.4 Å². The highest BCUT2D eigenvalue weighted by atomic mass is 32.2. The molecule has 1 fully saturated rings. The topological polar surface area (TPSA) is 140 Å². The number of urea groups is 1. The van der Waals surface area contributed by atoms with Gasteiger partial charge in [-0.2, -0.15) is 0 Å². The summed E-state index contributed by atoms with van der Waals surface area (Å²) in [4.78, 5) is 27.8. The molecular formula is C28H30N4O6S. The highest BCUT2D eigenvalue weighted by molar-refractivity contribution is 7.89. The Bertz CT molecular complexity index is 1530. The van der Waals surface area contributed by atoms with Gasteiger partial charge in [-0.1, -0.05) is 30.3 Å². The number of anilines is 1. The molecule has 2 aliphatic rings. The largest absolute Gasteiger partial charge is 0.490 e. The van der Waals surface area contributed by atoms with Crippen molar-refractivity contribution in [2.24, 2.45) is 5.14 Å². The van der Waals surface area contributed by atoms with Crippen LogP contribution in [0.5, 0.6) is 11.5 Å². The molecule has 0 aliphatic carbocycles. The molecule has 10 nitrogen and oxygen atoms in total. The van der Waals surface area contributed by atoms with E-state index in [-0.39, 0.29) is 22.9 Å². The number of fused-ring (bicyclic) bond motifs is 4. The Hall–Kier alpha value is -4.09. The number of benzene rings is 3. The lowest BCUT2D eigenvalue weighted by Gasteiger charge is -2.50. The number of nitrogens with zero attached hydrogens (tertiary/aromatic N) is 1. The summed E-state index contributed by atoms with van der Waals surface area (Å²) in [5.74, 6) is 0.926. The molecule has 2 unspecified atom stereocenters. The molecule has 1 saturated heterocycles. The average Bonchev–Trinajstić information content (AvgIpc) is 2.89. The van der Waals surface area contributed by atoms with Gasteiger partial charge in [-0.3, -0.25) is 9.69 Å². The van der Waals surface area contributed by atoms with Gasteiger partial charge >= 0.3 is 6.03 Å². The van der Waals surface area contributed by atoms with E-state index in [4.69, 9.17) is 14.6 Å². The van der Waals surface area contributed by atoms with Crippen LogP contribution >= 0.6 is 0 Å². The van der Waals surface area contributed by atoms with E-state index in [9.17, 15) is 18.0 Å². The number of carbonyl (C=O) groups is 2. The van der Waals surface area contributed by atoms with Crippen molar-refractivity contribution in [3.05, 3.63) is 83.4 Å². The predicted molar refractivity (Wildman–Crippen MR) is 145 cm³/mol. The first-order valence-corrected chi connectivity index (χ1v) is 14.2. The van der Waals surface area contributed by atoms with Gasteiger partial charge in [0.05, 0.1) is 23.2 Å². The van der Waals surface area contributed by atoms with Crippen molar-refractivity contribution in [1.82, 2.24) is 10.6 Å². The molecule has 3 aromatic carbocycles. The molecule has 3 aromatic rings. The van der Waals surface area contributed by atoms with E-state index in [0.29, 0.717) is 48.7 Å². The zero-order valence-corrected chi connectivity index (χ0v) is 22.5. The second-order valence-electron chi connectivity index (χ2n) is 9.67. The molecular weight excluding hydrogens is 520 g/mol. The highest BCUT2D eigenvalue weighted by Crippen LogP contribution is 2.49. The normalized spacial score (nSPS) is 19.9. The number of ether oxygens (including phenoxy) is 2. The molecule has 0 saturated carbocycles. The van der Waals surface area contributed by atoms with Crippen LogP contribution in [0, 0.1) is 0 Å². The maximum Gasteiger partial charge on any atom is 0.325 e. The van der Waals surface area contributed by atoms with Gasteiger partial charge in [0.15, 0.2) is 17.2 Å². The average molecular weight is 551 g/mol. The summed E-state index contributed by atoms with van der Waals surface area (Å²) in [5.41, 5.74) is 1.65. The van der Waals surface area contributed by atoms with Gasteiger partial charge in [0.2, 0.25) is 10.0 Å². The molecule has 0 aromatic heterocycles. The highest BCUT2D eigenvalue weighted by Gasteiger charge is 2.50. The van der Waals surface area contributed by atoms with Crippen LogP contribution in [0.15, 0.2) is 71.6 Å². The van der Waals surface area contributed by atoms with Gasteiger partial charge in [0.25, 0.3) is 5.91 Å². The Morgan fingerprint density at radius 3 is 2.64 bits per heavy atom. The van der Waals surface area contributed by atoms with Crippen LogP contribution in [0.1, 0.15) is 47.8 Å². The zero-order valence-electron chi connectivity index (χ0n) is 21.6. The van der Waals surface area contributed by atoms with Crippen LogP contribution in [-0.4, -0.2) is 39.2 Å². The van der Waals surface area contributed by atoms with E-state index in [1.54, 1.807) is 41.3 Å². The quantitative estimate of drug-likeness (QED) is 0.392. The molecule has 2 atom stereocenters. The molecule has 204 valence electrons. The van der Waals surface area contributed by atoms with E-state index in [0.717, 1.165) is 11.1 Å². The van der Waals surface area contributed by atoms with Gasteiger partial charge in [-0.25, -0.2) is 18.4 Å². The van der Waals surface area contributed by atoms with E-state index in [2.05, 4.69) is 10.6 Å². The summed E-state index contributed by atoms with van der Waals surface area (Å²) in [6.45, 7) is 4.58. The molecule has 3 amide bonds. The van der Waals surface area contributed by atoms with Crippen molar-refractivity contribution in [2.45, 2.75) is 43.4 Å². The molecule has 2 bridgehead atoms. The van der Waals surface area contributed by atoms with Crippen molar-refractivity contribution in [3.8, 4) is 11.5 Å². The lowest BCUT2D eigenvalue weighted by molar-refractivity contribution is 0.0343. The third-order valence-electron chi connectivity index (χ3n) is 6.88. The lowest BCUT2D eigenvalue weighted by Crippen LogP contribution is -2.65. The first-order valence-electron chi connectivity index (χ1n) is 12.6. The Labute approximate surface area is 227 Å². The lowest BCUT2D eigenvalue weighted by atomic mass is 9.89. The monoisotopic (exact) mass is 550 g/mol. The number of primary sulfonamides is 1. The van der Waals surface area contributed by atoms with Crippen molar-refractivity contribution in [3.63, 3.8) is 0 Å². The summed E-state index contributed by atoms with van der Waals surface area (Å²) in [7, 11) is -3.75. The Kier molecular flexibility index (Phi) is 6.96. The molecule has 2 aliphatic heterocycles. The van der Waals surface area contributed by atoms with Crippen molar-refractivity contribution >= 4 is 27.6 Å². The second-order valence-corrected chi connectivity index (χ2v) is 11.2. The number of nitrogens with one attached hydrogen (secondary N) is 2. The fourth-order valence-corrected chi connectivity index (χ4v) is 5.59. The van der Waals surface area contributed by atoms with E-state index in [1.165, 1.54) is 12.1 Å². The van der Waals surface area contributed by atoms with Crippen LogP contribution in [0.3, 0.4) is 0 Å². The minimum atomic E-state index is -3.75. The SMILES string of the molecule is CCOc1cccc2c1OC1(C)CC2NC(=O)N1c1cccc(C(=O)NCCc2ccc(S(N)(=O)=O)cc2)c1. The molecule has 0 radical (unpaired) electrons. The molecule has 39 heavy (non-hydrogen) atoms. The Morgan fingerprint density at radius 1 is 1.18 bits per heavy atom. The summed E-state index contributed by atoms with van der Waals surface area (Å²) < 4.78 is 35.1. The first-order chi connectivity index (χ1) is 18.6. The molecule has 5 rings (SSSR count). The Balaban J connectivity index is 1.31. The fraction of sp³-hybridized carbons (Fsp3) is 0.286. The number of nitrogens with two attached hydrogens (primary N) is 1. The van der Waals surface area contributed by atoms with E-state index < -0.39 is 15.7 Å². The molecule has 0 spiro atoms. The third kappa shape index (κ3) is 5.27. The summed E-state index contributed by atoms with van der Waals surface area (Å²) in [6, 6.07) is 18.1. The standard InChI is InChI=1S/C28H30N4O6S/c1-3-37-24-9-5-8-22-23-17-28(2,38-25(22)24)32(27(34)31-23)20-7-4-6-19(16-20)26(33)30-15-14-18-10-12-21(13-11-18)39(29,35)36/h4-13,16,23H,3,14-15,17H2,1-2H3,(H,30,33)(H,31,34)(H2,29,35,36). The molecule has 11 heteroatoms. The van der Waals surface area contributed by atoms with Gasteiger partial charge in [0.1, 0.15) is 0 Å². The number of amides is 3. The number of para-hydroxylation sites is 1. The van der Waals surface area contributed by atoms with Gasteiger partial charge < -0.3 is 20.1 Å². The van der Waals surface area contributed by atoms with Crippen LogP contribution in [0.4, 0.5) is 10.5 Å². The maximum atomic E-state index is 13.3. The predicted octanol–water partition coefficient (Wildman–Crippen LogP) is 3.47. The van der Waals surface area contributed by atoms with Crippen molar-refractivity contribution in [2.75, 3.05) is 18.1 Å². The van der Waals surface area contributed by atoms with Crippen LogP contribution in [0.2, 0.25) is 0 Å². The van der Waals surface area contributed by atoms with Crippen molar-refractivity contribution in [1.29, 1.82) is 0 Å². The number of hydrogen-bond donors (Lipinski definition) is 3. The maximum absolute atomic E-state index is 13.3. The number of carbonyl (C=O) groups excluding carboxylic acids is 2. The summed E-state index contributed by atoms with van der Waals surface area (Å²) in [5, 5.41) is 11.1. The Morgan fingerprint density at radius 2 is 1.92 bits per heavy atom. The minimum Gasteiger partial charge on any atom is -0.490 e. The van der Waals surface area contributed by atoms with Crippen LogP contribution < -0.4 is 30.1 Å². The number of rotatable bonds is 8. The summed E-state index contributed by atoms with van der Waals surface area (Å²) >= 11 is 0. The van der Waals surface area contributed by atoms with E-state index in [1.807, 2.05) is 32.0 Å². The van der Waals surface area contributed by atoms with E-state index >= 15 is 0 Å². The zero-order chi connectivity index (χ0) is 27.8. The minimum absolute atomic E-state index is 0.0356.